The lowest BCUT2D eigenvalue weighted by molar-refractivity contribution is 0.0951. The molecule has 2 aromatic carbocycles. The highest BCUT2D eigenvalue weighted by molar-refractivity contribution is 7.89. The number of nitrogens with one attached hydrogen (secondary N) is 2. The van der Waals surface area contributed by atoms with Gasteiger partial charge in [-0.25, -0.2) is 22.8 Å². The lowest BCUT2D eigenvalue weighted by atomic mass is 10.2. The largest absolute Gasteiger partial charge is 0.348 e. The average molecular weight is 468 g/mol. The Balaban J connectivity index is 1.30. The molecule has 32 heavy (non-hydrogen) atoms. The minimum atomic E-state index is -3.62. The smallest absolute Gasteiger partial charge is 0.251 e. The molecule has 164 valence electrons. The number of hydrogen-bond acceptors (Lipinski definition) is 6. The van der Waals surface area contributed by atoms with Gasteiger partial charge in [-0.3, -0.25) is 4.79 Å². The number of hydrogen-bond donors (Lipinski definition) is 2. The minimum Gasteiger partial charge on any atom is -0.348 e. The fourth-order valence-corrected chi connectivity index (χ4v) is 4.77. The molecular formula is C22H21N5O3S2. The van der Waals surface area contributed by atoms with E-state index in [1.165, 1.54) is 30.6 Å². The van der Waals surface area contributed by atoms with Gasteiger partial charge >= 0.3 is 0 Å². The standard InChI is InChI=1S/C22H21N5O3S2/c28-22(24-14-17-3-7-19(8-4-17)27-16-23-15-25-27)18-5-9-21(10-6-18)32(29,30)26-12-11-20-2-1-13-31-20/h1-10,13,15-16,26H,11-12,14H2,(H,24,28). The summed E-state index contributed by atoms with van der Waals surface area (Å²) in [6.07, 6.45) is 3.71. The molecule has 0 bridgehead atoms. The third kappa shape index (κ3) is 5.47. The molecule has 0 saturated carbocycles. The van der Waals surface area contributed by atoms with Crippen LogP contribution in [0.3, 0.4) is 0 Å². The number of carbonyl (C=O) groups is 1. The summed E-state index contributed by atoms with van der Waals surface area (Å²) in [5.74, 6) is -0.278. The summed E-state index contributed by atoms with van der Waals surface area (Å²) in [7, 11) is -3.62. The molecule has 0 aliphatic rings. The van der Waals surface area contributed by atoms with E-state index >= 15 is 0 Å². The molecule has 0 unspecified atom stereocenters. The molecule has 2 aromatic heterocycles. The van der Waals surface area contributed by atoms with Crippen LogP contribution in [0.4, 0.5) is 0 Å². The summed E-state index contributed by atoms with van der Waals surface area (Å²) < 4.78 is 29.1. The second-order valence-corrected chi connectivity index (χ2v) is 9.74. The molecule has 0 atom stereocenters. The Morgan fingerprint density at radius 1 is 1.03 bits per heavy atom. The van der Waals surface area contributed by atoms with Gasteiger partial charge in [0, 0.05) is 23.5 Å². The minimum absolute atomic E-state index is 0.129. The zero-order valence-electron chi connectivity index (χ0n) is 17.0. The van der Waals surface area contributed by atoms with Crippen molar-refractivity contribution in [3.05, 3.63) is 94.7 Å². The van der Waals surface area contributed by atoms with Crippen LogP contribution in [0.5, 0.6) is 0 Å². The second kappa shape index (κ2) is 9.86. The Hall–Kier alpha value is -3.34. The fourth-order valence-electron chi connectivity index (χ4n) is 3.02. The monoisotopic (exact) mass is 467 g/mol. The highest BCUT2D eigenvalue weighted by Crippen LogP contribution is 2.13. The van der Waals surface area contributed by atoms with Crippen LogP contribution in [0.25, 0.3) is 5.69 Å². The van der Waals surface area contributed by atoms with Gasteiger partial charge in [-0.05, 0) is 59.8 Å². The Bertz CT molecular complexity index is 1250. The third-order valence-corrected chi connectivity index (χ3v) is 7.16. The van der Waals surface area contributed by atoms with Crippen LogP contribution in [0.2, 0.25) is 0 Å². The van der Waals surface area contributed by atoms with Gasteiger partial charge in [-0.1, -0.05) is 18.2 Å². The van der Waals surface area contributed by atoms with E-state index in [0.29, 0.717) is 25.1 Å². The van der Waals surface area contributed by atoms with Gasteiger partial charge in [0.1, 0.15) is 12.7 Å². The van der Waals surface area contributed by atoms with Crippen molar-refractivity contribution < 1.29 is 13.2 Å². The summed E-state index contributed by atoms with van der Waals surface area (Å²) >= 11 is 1.59. The number of benzene rings is 2. The van der Waals surface area contributed by atoms with Crippen LogP contribution >= 0.6 is 11.3 Å². The van der Waals surface area contributed by atoms with Crippen molar-refractivity contribution in [1.29, 1.82) is 0 Å². The topological polar surface area (TPSA) is 106 Å². The van der Waals surface area contributed by atoms with E-state index in [4.69, 9.17) is 0 Å². The fraction of sp³-hybridized carbons (Fsp3) is 0.136. The van der Waals surface area contributed by atoms with Crippen molar-refractivity contribution in [3.8, 4) is 5.69 Å². The molecule has 1 amide bonds. The molecular weight excluding hydrogens is 446 g/mol. The molecule has 8 nitrogen and oxygen atoms in total. The van der Waals surface area contributed by atoms with E-state index in [2.05, 4.69) is 20.1 Å². The molecule has 0 fully saturated rings. The van der Waals surface area contributed by atoms with E-state index in [1.54, 1.807) is 22.3 Å². The summed E-state index contributed by atoms with van der Waals surface area (Å²) in [4.78, 5) is 17.6. The second-order valence-electron chi connectivity index (χ2n) is 6.94. The Morgan fingerprint density at radius 3 is 2.47 bits per heavy atom. The molecule has 0 aliphatic carbocycles. The van der Waals surface area contributed by atoms with Crippen LogP contribution in [-0.2, 0) is 23.0 Å². The molecule has 10 heteroatoms. The van der Waals surface area contributed by atoms with Gasteiger partial charge in [-0.2, -0.15) is 5.10 Å². The number of thiophene rings is 1. The molecule has 2 heterocycles. The zero-order chi connectivity index (χ0) is 22.4. The maximum atomic E-state index is 12.4. The normalized spacial score (nSPS) is 11.4. The van der Waals surface area contributed by atoms with Crippen LogP contribution in [0.15, 0.2) is 83.6 Å². The maximum Gasteiger partial charge on any atom is 0.251 e. The molecule has 0 aliphatic heterocycles. The average Bonchev–Trinajstić information content (AvgIpc) is 3.52. The zero-order valence-corrected chi connectivity index (χ0v) is 18.6. The SMILES string of the molecule is O=C(NCc1ccc(-n2cncn2)cc1)c1ccc(S(=O)(=O)NCCc2cccs2)cc1. The lowest BCUT2D eigenvalue weighted by Crippen LogP contribution is -2.26. The highest BCUT2D eigenvalue weighted by Gasteiger charge is 2.14. The maximum absolute atomic E-state index is 12.4. The third-order valence-electron chi connectivity index (χ3n) is 4.74. The highest BCUT2D eigenvalue weighted by atomic mass is 32.2. The van der Waals surface area contributed by atoms with E-state index in [-0.39, 0.29) is 10.8 Å². The Kier molecular flexibility index (Phi) is 6.74. The molecule has 0 saturated heterocycles. The molecule has 0 radical (unpaired) electrons. The first kappa shape index (κ1) is 21.9. The van der Waals surface area contributed by atoms with Crippen LogP contribution < -0.4 is 10.0 Å². The quantitative estimate of drug-likeness (QED) is 0.394. The van der Waals surface area contributed by atoms with Crippen molar-refractivity contribution >= 4 is 27.3 Å². The van der Waals surface area contributed by atoms with Crippen molar-refractivity contribution in [2.24, 2.45) is 0 Å². The van der Waals surface area contributed by atoms with Crippen LogP contribution in [-0.4, -0.2) is 35.6 Å². The van der Waals surface area contributed by atoms with Gasteiger partial charge in [-0.15, -0.1) is 11.3 Å². The number of rotatable bonds is 9. The van der Waals surface area contributed by atoms with Crippen molar-refractivity contribution in [2.45, 2.75) is 17.9 Å². The lowest BCUT2D eigenvalue weighted by Gasteiger charge is -2.09. The first-order valence-electron chi connectivity index (χ1n) is 9.85. The molecule has 4 aromatic rings. The van der Waals surface area contributed by atoms with Gasteiger partial charge in [0.15, 0.2) is 0 Å². The molecule has 0 spiro atoms. The van der Waals surface area contributed by atoms with E-state index < -0.39 is 10.0 Å². The predicted octanol–water partition coefficient (Wildman–Crippen LogP) is 2.78. The van der Waals surface area contributed by atoms with E-state index in [9.17, 15) is 13.2 Å². The summed E-state index contributed by atoms with van der Waals surface area (Å²) in [5, 5.41) is 8.87. The number of nitrogens with zero attached hydrogens (tertiary/aromatic N) is 3. The van der Waals surface area contributed by atoms with E-state index in [1.807, 2.05) is 41.8 Å². The van der Waals surface area contributed by atoms with Gasteiger partial charge in [0.05, 0.1) is 10.6 Å². The number of aromatic nitrogens is 3. The number of amides is 1. The summed E-state index contributed by atoms with van der Waals surface area (Å²) in [6.45, 7) is 0.668. The van der Waals surface area contributed by atoms with Crippen molar-refractivity contribution in [3.63, 3.8) is 0 Å². The van der Waals surface area contributed by atoms with Crippen LogP contribution in [0, 0.1) is 0 Å². The summed E-state index contributed by atoms with van der Waals surface area (Å²) in [5.41, 5.74) is 2.19. The van der Waals surface area contributed by atoms with Gasteiger partial charge in [0.25, 0.3) is 5.91 Å². The van der Waals surface area contributed by atoms with Gasteiger partial charge < -0.3 is 5.32 Å². The van der Waals surface area contributed by atoms with Crippen molar-refractivity contribution in [2.75, 3.05) is 6.54 Å². The number of sulfonamides is 1. The van der Waals surface area contributed by atoms with Crippen molar-refractivity contribution in [1.82, 2.24) is 24.8 Å². The molecule has 2 N–H and O–H groups in total. The Labute approximate surface area is 190 Å². The molecule has 4 rings (SSSR count). The van der Waals surface area contributed by atoms with E-state index in [0.717, 1.165) is 16.1 Å². The number of carbonyl (C=O) groups excluding carboxylic acids is 1. The Morgan fingerprint density at radius 2 is 1.81 bits per heavy atom. The predicted molar refractivity (Wildman–Crippen MR) is 122 cm³/mol. The first-order chi connectivity index (χ1) is 15.5. The van der Waals surface area contributed by atoms with Gasteiger partial charge in [0.2, 0.25) is 10.0 Å². The first-order valence-corrected chi connectivity index (χ1v) is 12.2. The summed E-state index contributed by atoms with van der Waals surface area (Å²) in [6, 6.07) is 17.4. The van der Waals surface area contributed by atoms with Crippen LogP contribution in [0.1, 0.15) is 20.8 Å².